The summed E-state index contributed by atoms with van der Waals surface area (Å²) in [6, 6.07) is 18.6. The summed E-state index contributed by atoms with van der Waals surface area (Å²) >= 11 is 0. The van der Waals surface area contributed by atoms with Gasteiger partial charge in [0.05, 0.1) is 6.10 Å². The molecule has 3 unspecified atom stereocenters. The number of carbonyl (C=O) groups is 1. The second-order valence-electron chi connectivity index (χ2n) is 5.75. The Balaban J connectivity index is 1.99. The highest BCUT2D eigenvalue weighted by Gasteiger charge is 2.20. The maximum absolute atomic E-state index is 12.1. The molecule has 0 aliphatic heterocycles. The third-order valence-electron chi connectivity index (χ3n) is 3.78. The minimum Gasteiger partial charge on any atom is -0.393 e. The molecule has 0 heterocycles. The third kappa shape index (κ3) is 5.20. The summed E-state index contributed by atoms with van der Waals surface area (Å²) in [5.41, 5.74) is 1.62. The van der Waals surface area contributed by atoms with Gasteiger partial charge >= 0.3 is 0 Å². The van der Waals surface area contributed by atoms with E-state index in [0.29, 0.717) is 18.5 Å². The maximum atomic E-state index is 12.1. The number of amides is 1. The predicted octanol–water partition coefficient (Wildman–Crippen LogP) is 2.39. The second-order valence-corrected chi connectivity index (χ2v) is 5.75. The molecule has 2 aromatic carbocycles. The zero-order chi connectivity index (χ0) is 16.7. The molecule has 3 atom stereocenters. The van der Waals surface area contributed by atoms with Crippen LogP contribution in [0.4, 0.5) is 0 Å². The molecule has 2 aromatic rings. The Morgan fingerprint density at radius 2 is 1.48 bits per heavy atom. The average molecular weight is 313 g/mol. The molecule has 0 radical (unpaired) electrons. The molecule has 3 N–H and O–H groups in total. The van der Waals surface area contributed by atoms with E-state index in [0.717, 1.165) is 5.56 Å². The lowest BCUT2D eigenvalue weighted by atomic mass is 9.93. The highest BCUT2D eigenvalue weighted by Crippen LogP contribution is 2.21. The summed E-state index contributed by atoms with van der Waals surface area (Å²) in [5.74, 6) is -0.425. The number of hydrogen-bond acceptors (Lipinski definition) is 3. The van der Waals surface area contributed by atoms with E-state index in [2.05, 4.69) is 5.32 Å². The summed E-state index contributed by atoms with van der Waals surface area (Å²) in [7, 11) is 0. The Hall–Kier alpha value is -2.17. The van der Waals surface area contributed by atoms with Gasteiger partial charge in [-0.3, -0.25) is 4.79 Å². The van der Waals surface area contributed by atoms with Gasteiger partial charge < -0.3 is 15.5 Å². The molecule has 0 aliphatic carbocycles. The van der Waals surface area contributed by atoms with E-state index < -0.39 is 18.1 Å². The molecular weight excluding hydrogens is 290 g/mol. The zero-order valence-corrected chi connectivity index (χ0v) is 13.2. The molecule has 0 saturated heterocycles. The van der Waals surface area contributed by atoms with Gasteiger partial charge in [0.25, 0.3) is 5.91 Å². The summed E-state index contributed by atoms with van der Waals surface area (Å²) < 4.78 is 0. The van der Waals surface area contributed by atoms with Crippen molar-refractivity contribution in [3.8, 4) is 0 Å². The average Bonchev–Trinajstić information content (AvgIpc) is 2.59. The Morgan fingerprint density at radius 3 is 2.00 bits per heavy atom. The first kappa shape index (κ1) is 17.2. The molecule has 122 valence electrons. The molecule has 0 aliphatic rings. The van der Waals surface area contributed by atoms with E-state index in [-0.39, 0.29) is 5.92 Å². The number of carbonyl (C=O) groups excluding carboxylic acids is 1. The topological polar surface area (TPSA) is 69.6 Å². The molecular formula is C19H23NO3. The molecule has 0 bridgehead atoms. The monoisotopic (exact) mass is 313 g/mol. The molecule has 2 rings (SSSR count). The summed E-state index contributed by atoms with van der Waals surface area (Å²) in [5, 5.41) is 22.6. The summed E-state index contributed by atoms with van der Waals surface area (Å²) in [4.78, 5) is 12.1. The van der Waals surface area contributed by atoms with E-state index in [9.17, 15) is 15.0 Å². The highest BCUT2D eigenvalue weighted by molar-refractivity contribution is 5.81. The van der Waals surface area contributed by atoms with Crippen LogP contribution >= 0.6 is 0 Å². The Kier molecular flexibility index (Phi) is 6.32. The predicted molar refractivity (Wildman–Crippen MR) is 89.9 cm³/mol. The van der Waals surface area contributed by atoms with Crippen LogP contribution in [0.5, 0.6) is 0 Å². The van der Waals surface area contributed by atoms with Crippen molar-refractivity contribution in [1.29, 1.82) is 0 Å². The molecule has 4 heteroatoms. The summed E-state index contributed by atoms with van der Waals surface area (Å²) in [6.07, 6.45) is -1.10. The van der Waals surface area contributed by atoms with Crippen molar-refractivity contribution in [1.82, 2.24) is 5.32 Å². The smallest absolute Gasteiger partial charge is 0.253 e. The van der Waals surface area contributed by atoms with Gasteiger partial charge in [-0.05, 0) is 24.5 Å². The fraction of sp³-hybridized carbons (Fsp3) is 0.316. The van der Waals surface area contributed by atoms with E-state index in [1.807, 2.05) is 36.4 Å². The van der Waals surface area contributed by atoms with Crippen LogP contribution in [0.3, 0.4) is 0 Å². The first-order chi connectivity index (χ1) is 11.1. The number of hydrogen-bond donors (Lipinski definition) is 3. The Bertz CT molecular complexity index is 599. The lowest BCUT2D eigenvalue weighted by molar-refractivity contribution is -0.129. The molecule has 0 aromatic heterocycles. The van der Waals surface area contributed by atoms with Crippen LogP contribution < -0.4 is 5.32 Å². The fourth-order valence-electron chi connectivity index (χ4n) is 2.58. The van der Waals surface area contributed by atoms with Crippen molar-refractivity contribution in [2.24, 2.45) is 0 Å². The minimum atomic E-state index is -1.18. The van der Waals surface area contributed by atoms with Crippen molar-refractivity contribution in [3.63, 3.8) is 0 Å². The molecule has 1 amide bonds. The summed E-state index contributed by atoms with van der Waals surface area (Å²) in [6.45, 7) is 2.11. The normalized spacial score (nSPS) is 14.7. The van der Waals surface area contributed by atoms with E-state index in [4.69, 9.17) is 0 Å². The number of aliphatic hydroxyl groups is 2. The van der Waals surface area contributed by atoms with Crippen LogP contribution in [-0.2, 0) is 4.79 Å². The Labute approximate surface area is 136 Å². The van der Waals surface area contributed by atoms with Crippen LogP contribution in [0.15, 0.2) is 60.7 Å². The van der Waals surface area contributed by atoms with Gasteiger partial charge in [-0.15, -0.1) is 0 Å². The van der Waals surface area contributed by atoms with Gasteiger partial charge in [-0.1, -0.05) is 60.7 Å². The van der Waals surface area contributed by atoms with Crippen LogP contribution in [-0.4, -0.2) is 28.8 Å². The van der Waals surface area contributed by atoms with Gasteiger partial charge in [-0.2, -0.15) is 0 Å². The zero-order valence-electron chi connectivity index (χ0n) is 13.2. The standard InChI is InChI=1S/C19H23NO3/c1-14(21)12-17(15-8-4-2-5-9-15)13-20-19(23)18(22)16-10-6-3-7-11-16/h2-11,14,17-18,21-22H,12-13H2,1H3,(H,20,23). The lowest BCUT2D eigenvalue weighted by Crippen LogP contribution is -2.33. The van der Waals surface area contributed by atoms with Crippen LogP contribution in [0.1, 0.15) is 36.5 Å². The largest absolute Gasteiger partial charge is 0.393 e. The fourth-order valence-corrected chi connectivity index (χ4v) is 2.58. The SMILES string of the molecule is CC(O)CC(CNC(=O)C(O)c1ccccc1)c1ccccc1. The maximum Gasteiger partial charge on any atom is 0.253 e. The van der Waals surface area contributed by atoms with Crippen molar-refractivity contribution >= 4 is 5.91 Å². The number of nitrogens with one attached hydrogen (secondary N) is 1. The van der Waals surface area contributed by atoms with E-state index in [1.54, 1.807) is 31.2 Å². The molecule has 0 saturated carbocycles. The van der Waals surface area contributed by atoms with Gasteiger partial charge in [0.15, 0.2) is 6.10 Å². The Morgan fingerprint density at radius 1 is 0.957 bits per heavy atom. The third-order valence-corrected chi connectivity index (χ3v) is 3.78. The van der Waals surface area contributed by atoms with Gasteiger partial charge in [0.1, 0.15) is 0 Å². The van der Waals surface area contributed by atoms with E-state index >= 15 is 0 Å². The molecule has 0 fully saturated rings. The minimum absolute atomic E-state index is 0.00289. The van der Waals surface area contributed by atoms with E-state index in [1.165, 1.54) is 0 Å². The number of benzene rings is 2. The van der Waals surface area contributed by atoms with Crippen LogP contribution in [0, 0.1) is 0 Å². The lowest BCUT2D eigenvalue weighted by Gasteiger charge is -2.20. The molecule has 23 heavy (non-hydrogen) atoms. The first-order valence-electron chi connectivity index (χ1n) is 7.81. The first-order valence-corrected chi connectivity index (χ1v) is 7.81. The van der Waals surface area contributed by atoms with Gasteiger partial charge in [0.2, 0.25) is 0 Å². The van der Waals surface area contributed by atoms with Crippen LogP contribution in [0.2, 0.25) is 0 Å². The van der Waals surface area contributed by atoms with Gasteiger partial charge in [0, 0.05) is 12.5 Å². The quantitative estimate of drug-likeness (QED) is 0.735. The number of rotatable bonds is 7. The van der Waals surface area contributed by atoms with Crippen molar-refractivity contribution < 1.29 is 15.0 Å². The molecule has 0 spiro atoms. The van der Waals surface area contributed by atoms with Crippen molar-refractivity contribution in [3.05, 3.63) is 71.8 Å². The second kappa shape index (κ2) is 8.46. The van der Waals surface area contributed by atoms with Gasteiger partial charge in [-0.25, -0.2) is 0 Å². The van der Waals surface area contributed by atoms with Crippen molar-refractivity contribution in [2.75, 3.05) is 6.54 Å². The van der Waals surface area contributed by atoms with Crippen LogP contribution in [0.25, 0.3) is 0 Å². The van der Waals surface area contributed by atoms with Crippen molar-refractivity contribution in [2.45, 2.75) is 31.5 Å². The number of aliphatic hydroxyl groups excluding tert-OH is 2. The molecule has 4 nitrogen and oxygen atoms in total. The highest BCUT2D eigenvalue weighted by atomic mass is 16.3.